The predicted molar refractivity (Wildman–Crippen MR) is 73.9 cm³/mol. The molecule has 2 nitrogen and oxygen atoms in total. The first-order chi connectivity index (χ1) is 8.79. The molecule has 18 heavy (non-hydrogen) atoms. The molecule has 0 aliphatic heterocycles. The Labute approximate surface area is 107 Å². The first-order valence-corrected chi connectivity index (χ1v) is 5.84. The summed E-state index contributed by atoms with van der Waals surface area (Å²) in [5.41, 5.74) is 3.44. The number of benzene rings is 2. The summed E-state index contributed by atoms with van der Waals surface area (Å²) in [5.74, 6) is -0.151. The molecule has 2 aromatic carbocycles. The van der Waals surface area contributed by atoms with Crippen LogP contribution in [-0.4, -0.2) is 5.91 Å². The zero-order valence-electron chi connectivity index (χ0n) is 10.1. The van der Waals surface area contributed by atoms with Crippen molar-refractivity contribution in [2.75, 3.05) is 0 Å². The van der Waals surface area contributed by atoms with E-state index in [2.05, 4.69) is 36.2 Å². The fourth-order valence-corrected chi connectivity index (χ4v) is 1.71. The van der Waals surface area contributed by atoms with Crippen molar-refractivity contribution in [3.05, 3.63) is 72.8 Å². The van der Waals surface area contributed by atoms with Crippen molar-refractivity contribution in [1.82, 2.24) is 5.32 Å². The van der Waals surface area contributed by atoms with Crippen molar-refractivity contribution in [3.63, 3.8) is 0 Å². The number of nitrogens with one attached hydrogen (secondary N) is 1. The Morgan fingerprint density at radius 2 is 1.61 bits per heavy atom. The number of carbonyl (C=O) groups is 1. The third-order valence-corrected chi connectivity index (χ3v) is 2.71. The van der Waals surface area contributed by atoms with E-state index < -0.39 is 0 Å². The van der Waals surface area contributed by atoms with E-state index in [4.69, 9.17) is 0 Å². The molecule has 0 heterocycles. The van der Waals surface area contributed by atoms with Crippen LogP contribution in [0.4, 0.5) is 0 Å². The van der Waals surface area contributed by atoms with Gasteiger partial charge in [-0.1, -0.05) is 61.2 Å². The molecule has 1 amide bonds. The molecule has 0 atom stereocenters. The van der Waals surface area contributed by atoms with Crippen molar-refractivity contribution >= 4 is 5.91 Å². The average Bonchev–Trinajstić information content (AvgIpc) is 2.46. The Morgan fingerprint density at radius 3 is 2.22 bits per heavy atom. The molecule has 0 radical (unpaired) electrons. The van der Waals surface area contributed by atoms with Crippen LogP contribution < -0.4 is 5.32 Å². The van der Waals surface area contributed by atoms with E-state index in [0.717, 1.165) is 5.56 Å². The van der Waals surface area contributed by atoms with Gasteiger partial charge in [0.25, 0.3) is 0 Å². The van der Waals surface area contributed by atoms with Gasteiger partial charge in [-0.3, -0.25) is 4.79 Å². The lowest BCUT2D eigenvalue weighted by Crippen LogP contribution is -2.19. The van der Waals surface area contributed by atoms with E-state index in [0.29, 0.717) is 6.54 Å². The van der Waals surface area contributed by atoms with Crippen LogP contribution in [0.1, 0.15) is 5.56 Å². The Hall–Kier alpha value is -2.35. The Balaban J connectivity index is 2.06. The molecule has 0 unspecified atom stereocenters. The lowest BCUT2D eigenvalue weighted by molar-refractivity contribution is -0.116. The van der Waals surface area contributed by atoms with Gasteiger partial charge in [0.15, 0.2) is 0 Å². The number of hydrogen-bond acceptors (Lipinski definition) is 1. The summed E-state index contributed by atoms with van der Waals surface area (Å²) in [5, 5.41) is 2.75. The van der Waals surface area contributed by atoms with Crippen molar-refractivity contribution in [1.29, 1.82) is 0 Å². The van der Waals surface area contributed by atoms with E-state index >= 15 is 0 Å². The van der Waals surface area contributed by atoms with Gasteiger partial charge in [-0.05, 0) is 22.8 Å². The van der Waals surface area contributed by atoms with Crippen molar-refractivity contribution in [2.45, 2.75) is 6.54 Å². The van der Waals surface area contributed by atoms with Crippen LogP contribution in [-0.2, 0) is 11.3 Å². The number of hydrogen-bond donors (Lipinski definition) is 1. The van der Waals surface area contributed by atoms with Gasteiger partial charge in [-0.2, -0.15) is 0 Å². The van der Waals surface area contributed by atoms with Crippen LogP contribution >= 0.6 is 0 Å². The smallest absolute Gasteiger partial charge is 0.243 e. The maximum Gasteiger partial charge on any atom is 0.243 e. The molecule has 0 saturated carbocycles. The number of rotatable bonds is 4. The van der Waals surface area contributed by atoms with Gasteiger partial charge in [0.2, 0.25) is 5.91 Å². The van der Waals surface area contributed by atoms with E-state index in [9.17, 15) is 4.79 Å². The molecule has 2 aromatic rings. The van der Waals surface area contributed by atoms with Crippen LogP contribution in [0.2, 0.25) is 0 Å². The summed E-state index contributed by atoms with van der Waals surface area (Å²) in [6.45, 7) is 3.94. The summed E-state index contributed by atoms with van der Waals surface area (Å²) in [6, 6.07) is 18.4. The third kappa shape index (κ3) is 3.08. The molecule has 0 bridgehead atoms. The van der Waals surface area contributed by atoms with E-state index in [1.807, 2.05) is 30.3 Å². The molecule has 2 rings (SSSR count). The standard InChI is InChI=1S/C16H15NO/c1-2-16(18)17-12-13-8-10-15(11-9-13)14-6-4-3-5-7-14/h2-11H,1,12H2,(H,17,18). The first-order valence-electron chi connectivity index (χ1n) is 5.84. The second kappa shape index (κ2) is 5.82. The zero-order valence-corrected chi connectivity index (χ0v) is 10.1. The van der Waals surface area contributed by atoms with Crippen LogP contribution in [0.3, 0.4) is 0 Å². The highest BCUT2D eigenvalue weighted by Gasteiger charge is 1.98. The Bertz CT molecular complexity index is 529. The van der Waals surface area contributed by atoms with Gasteiger partial charge < -0.3 is 5.32 Å². The minimum absolute atomic E-state index is 0.151. The molecule has 0 spiro atoms. The average molecular weight is 237 g/mol. The molecular formula is C16H15NO. The second-order valence-corrected chi connectivity index (χ2v) is 3.98. The molecule has 0 aliphatic carbocycles. The summed E-state index contributed by atoms with van der Waals surface area (Å²) < 4.78 is 0. The van der Waals surface area contributed by atoms with Gasteiger partial charge in [-0.15, -0.1) is 0 Å². The lowest BCUT2D eigenvalue weighted by Gasteiger charge is -2.05. The fraction of sp³-hybridized carbons (Fsp3) is 0.0625. The van der Waals surface area contributed by atoms with Crippen molar-refractivity contribution in [3.8, 4) is 11.1 Å². The SMILES string of the molecule is C=CC(=O)NCc1ccc(-c2ccccc2)cc1. The normalized spacial score (nSPS) is 9.78. The third-order valence-electron chi connectivity index (χ3n) is 2.71. The highest BCUT2D eigenvalue weighted by molar-refractivity contribution is 5.86. The van der Waals surface area contributed by atoms with Crippen LogP contribution in [0.5, 0.6) is 0 Å². The predicted octanol–water partition coefficient (Wildman–Crippen LogP) is 3.16. The monoisotopic (exact) mass is 237 g/mol. The van der Waals surface area contributed by atoms with E-state index in [1.165, 1.54) is 17.2 Å². The lowest BCUT2D eigenvalue weighted by atomic mass is 10.0. The molecule has 0 aromatic heterocycles. The second-order valence-electron chi connectivity index (χ2n) is 3.98. The van der Waals surface area contributed by atoms with Crippen LogP contribution in [0.25, 0.3) is 11.1 Å². The minimum atomic E-state index is -0.151. The van der Waals surface area contributed by atoms with Crippen molar-refractivity contribution in [2.24, 2.45) is 0 Å². The van der Waals surface area contributed by atoms with E-state index in [-0.39, 0.29) is 5.91 Å². The highest BCUT2D eigenvalue weighted by Crippen LogP contribution is 2.19. The molecule has 2 heteroatoms. The summed E-state index contributed by atoms with van der Waals surface area (Å²) in [4.78, 5) is 11.0. The number of amides is 1. The van der Waals surface area contributed by atoms with Crippen molar-refractivity contribution < 1.29 is 4.79 Å². The maximum atomic E-state index is 11.0. The summed E-state index contributed by atoms with van der Waals surface area (Å²) in [7, 11) is 0. The molecule has 0 saturated heterocycles. The quantitative estimate of drug-likeness (QED) is 0.813. The first kappa shape index (κ1) is 12.1. The maximum absolute atomic E-state index is 11.0. The van der Waals surface area contributed by atoms with Crippen LogP contribution in [0, 0.1) is 0 Å². The Kier molecular flexibility index (Phi) is 3.92. The summed E-state index contributed by atoms with van der Waals surface area (Å²) in [6.07, 6.45) is 1.28. The molecular weight excluding hydrogens is 222 g/mol. The van der Waals surface area contributed by atoms with Gasteiger partial charge in [0, 0.05) is 6.54 Å². The fourth-order valence-electron chi connectivity index (χ4n) is 1.71. The van der Waals surface area contributed by atoms with Crippen LogP contribution in [0.15, 0.2) is 67.3 Å². The molecule has 90 valence electrons. The Morgan fingerprint density at radius 1 is 1.00 bits per heavy atom. The van der Waals surface area contributed by atoms with Gasteiger partial charge in [0.1, 0.15) is 0 Å². The minimum Gasteiger partial charge on any atom is -0.348 e. The van der Waals surface area contributed by atoms with Gasteiger partial charge in [-0.25, -0.2) is 0 Å². The summed E-state index contributed by atoms with van der Waals surface area (Å²) >= 11 is 0. The largest absolute Gasteiger partial charge is 0.348 e. The highest BCUT2D eigenvalue weighted by atomic mass is 16.1. The molecule has 1 N–H and O–H groups in total. The van der Waals surface area contributed by atoms with Gasteiger partial charge >= 0.3 is 0 Å². The molecule has 0 fully saturated rings. The number of carbonyl (C=O) groups excluding carboxylic acids is 1. The topological polar surface area (TPSA) is 29.1 Å². The molecule has 0 aliphatic rings. The zero-order chi connectivity index (χ0) is 12.8. The van der Waals surface area contributed by atoms with E-state index in [1.54, 1.807) is 0 Å². The van der Waals surface area contributed by atoms with Gasteiger partial charge in [0.05, 0.1) is 0 Å².